The summed E-state index contributed by atoms with van der Waals surface area (Å²) < 4.78 is 0. The number of rotatable bonds is 1. The summed E-state index contributed by atoms with van der Waals surface area (Å²) >= 11 is 0. The van der Waals surface area contributed by atoms with E-state index in [2.05, 4.69) is 15.2 Å². The normalized spacial score (nSPS) is 10.8. The topological polar surface area (TPSA) is 93.6 Å². The largest absolute Gasteiger partial charge is 0.398 e. The average molecular weight is 225 g/mol. The molecule has 84 valence electrons. The van der Waals surface area contributed by atoms with Gasteiger partial charge in [-0.2, -0.15) is 5.10 Å². The highest BCUT2D eigenvalue weighted by Gasteiger charge is 2.04. The van der Waals surface area contributed by atoms with E-state index in [9.17, 15) is 0 Å². The highest BCUT2D eigenvalue weighted by molar-refractivity contribution is 5.93. The van der Waals surface area contributed by atoms with Crippen molar-refractivity contribution in [3.63, 3.8) is 0 Å². The van der Waals surface area contributed by atoms with Crippen LogP contribution in [-0.2, 0) is 0 Å². The second kappa shape index (κ2) is 3.48. The van der Waals surface area contributed by atoms with E-state index in [1.54, 1.807) is 12.3 Å². The molecule has 0 fully saturated rings. The van der Waals surface area contributed by atoms with Crippen molar-refractivity contribution >= 4 is 22.4 Å². The predicted molar refractivity (Wildman–Crippen MR) is 68.1 cm³/mol. The second-order valence-electron chi connectivity index (χ2n) is 3.84. The molecule has 3 rings (SSSR count). The zero-order valence-corrected chi connectivity index (χ0v) is 9.01. The number of anilines is 2. The number of nitrogens with two attached hydrogens (primary N) is 2. The van der Waals surface area contributed by atoms with Gasteiger partial charge in [-0.15, -0.1) is 0 Å². The van der Waals surface area contributed by atoms with Crippen LogP contribution in [0.15, 0.2) is 36.5 Å². The molecule has 0 radical (unpaired) electrons. The first-order valence-electron chi connectivity index (χ1n) is 5.19. The minimum atomic E-state index is 0.428. The Balaban J connectivity index is 2.26. The highest BCUT2D eigenvalue weighted by atomic mass is 15.1. The van der Waals surface area contributed by atoms with E-state index < -0.39 is 0 Å². The Labute approximate surface area is 97.5 Å². The Bertz CT molecular complexity index is 673. The summed E-state index contributed by atoms with van der Waals surface area (Å²) in [5, 5.41) is 7.73. The van der Waals surface area contributed by atoms with Gasteiger partial charge in [0, 0.05) is 28.9 Å². The fraction of sp³-hybridized carbons (Fsp3) is 0. The Kier molecular flexibility index (Phi) is 1.98. The Hall–Kier alpha value is -2.56. The lowest BCUT2D eigenvalue weighted by Gasteiger charge is -2.05. The number of aromatic amines is 1. The van der Waals surface area contributed by atoms with E-state index in [0.29, 0.717) is 11.5 Å². The van der Waals surface area contributed by atoms with Gasteiger partial charge in [0.25, 0.3) is 0 Å². The van der Waals surface area contributed by atoms with Crippen LogP contribution in [0.3, 0.4) is 0 Å². The third kappa shape index (κ3) is 1.57. The molecular formula is C12H11N5. The zero-order valence-electron chi connectivity index (χ0n) is 9.01. The molecule has 0 saturated heterocycles. The van der Waals surface area contributed by atoms with Gasteiger partial charge in [0.15, 0.2) is 0 Å². The van der Waals surface area contributed by atoms with Crippen molar-refractivity contribution in [1.29, 1.82) is 0 Å². The average Bonchev–Trinajstić information content (AvgIpc) is 2.81. The van der Waals surface area contributed by atoms with E-state index in [0.717, 1.165) is 22.2 Å². The Morgan fingerprint density at radius 3 is 2.71 bits per heavy atom. The van der Waals surface area contributed by atoms with Gasteiger partial charge < -0.3 is 11.5 Å². The van der Waals surface area contributed by atoms with Crippen molar-refractivity contribution in [1.82, 2.24) is 15.2 Å². The minimum Gasteiger partial charge on any atom is -0.398 e. The van der Waals surface area contributed by atoms with Gasteiger partial charge in [0.2, 0.25) is 0 Å². The Morgan fingerprint density at radius 1 is 1.06 bits per heavy atom. The highest BCUT2D eigenvalue weighted by Crippen LogP contribution is 2.26. The summed E-state index contributed by atoms with van der Waals surface area (Å²) in [6.45, 7) is 0. The Morgan fingerprint density at radius 2 is 1.94 bits per heavy atom. The molecule has 3 aromatic rings. The number of aromatic nitrogens is 3. The third-order valence-electron chi connectivity index (χ3n) is 2.67. The molecule has 17 heavy (non-hydrogen) atoms. The first-order valence-corrected chi connectivity index (χ1v) is 5.19. The second-order valence-corrected chi connectivity index (χ2v) is 3.84. The van der Waals surface area contributed by atoms with E-state index in [4.69, 9.17) is 11.5 Å². The van der Waals surface area contributed by atoms with Crippen molar-refractivity contribution < 1.29 is 0 Å². The van der Waals surface area contributed by atoms with Crippen LogP contribution in [0.5, 0.6) is 0 Å². The van der Waals surface area contributed by atoms with Crippen molar-refractivity contribution in [3.8, 4) is 11.3 Å². The number of nitrogens with zero attached hydrogens (tertiary/aromatic N) is 2. The number of hydrogen-bond donors (Lipinski definition) is 3. The van der Waals surface area contributed by atoms with Crippen molar-refractivity contribution in [3.05, 3.63) is 36.5 Å². The number of H-pyrrole nitrogens is 1. The van der Waals surface area contributed by atoms with Gasteiger partial charge in [-0.1, -0.05) is 12.1 Å². The van der Waals surface area contributed by atoms with Crippen LogP contribution in [0.25, 0.3) is 22.2 Å². The quantitative estimate of drug-likeness (QED) is 0.588. The van der Waals surface area contributed by atoms with Gasteiger partial charge in [0.1, 0.15) is 5.82 Å². The summed E-state index contributed by atoms with van der Waals surface area (Å²) in [5.74, 6) is 0.428. The molecule has 0 aliphatic carbocycles. The summed E-state index contributed by atoms with van der Waals surface area (Å²) in [5.41, 5.74) is 14.9. The molecule has 0 aliphatic heterocycles. The van der Waals surface area contributed by atoms with E-state index >= 15 is 0 Å². The van der Waals surface area contributed by atoms with Gasteiger partial charge >= 0.3 is 0 Å². The molecule has 1 aromatic carbocycles. The van der Waals surface area contributed by atoms with Crippen molar-refractivity contribution in [2.45, 2.75) is 0 Å². The molecule has 5 nitrogen and oxygen atoms in total. The van der Waals surface area contributed by atoms with Crippen LogP contribution in [0.4, 0.5) is 11.5 Å². The number of hydrogen-bond acceptors (Lipinski definition) is 4. The SMILES string of the molecule is Nc1cc(N)c2ccc(-c3ccn[nH]3)cc2n1. The lowest BCUT2D eigenvalue weighted by Crippen LogP contribution is -1.95. The molecule has 5 N–H and O–H groups in total. The number of fused-ring (bicyclic) bond motifs is 1. The smallest absolute Gasteiger partial charge is 0.126 e. The van der Waals surface area contributed by atoms with Crippen molar-refractivity contribution in [2.24, 2.45) is 0 Å². The third-order valence-corrected chi connectivity index (χ3v) is 2.67. The fourth-order valence-electron chi connectivity index (χ4n) is 1.86. The number of pyridine rings is 1. The monoisotopic (exact) mass is 225 g/mol. The summed E-state index contributed by atoms with van der Waals surface area (Å²) in [7, 11) is 0. The maximum atomic E-state index is 5.89. The van der Waals surface area contributed by atoms with Crippen LogP contribution < -0.4 is 11.5 Å². The first-order chi connectivity index (χ1) is 8.24. The molecule has 2 heterocycles. The van der Waals surface area contributed by atoms with E-state index in [1.165, 1.54) is 0 Å². The molecule has 0 aliphatic rings. The number of nitrogen functional groups attached to an aromatic ring is 2. The molecule has 0 spiro atoms. The van der Waals surface area contributed by atoms with Gasteiger partial charge in [-0.05, 0) is 12.1 Å². The lowest BCUT2D eigenvalue weighted by atomic mass is 10.1. The molecule has 0 unspecified atom stereocenters. The van der Waals surface area contributed by atoms with Gasteiger partial charge in [-0.3, -0.25) is 5.10 Å². The molecular weight excluding hydrogens is 214 g/mol. The predicted octanol–water partition coefficient (Wildman–Crippen LogP) is 1.79. The van der Waals surface area contributed by atoms with Crippen LogP contribution in [0.2, 0.25) is 0 Å². The van der Waals surface area contributed by atoms with Gasteiger partial charge in [0.05, 0.1) is 11.2 Å². The van der Waals surface area contributed by atoms with E-state index in [1.807, 2.05) is 24.3 Å². The zero-order chi connectivity index (χ0) is 11.8. The first kappa shape index (κ1) is 9.65. The molecule has 2 aromatic heterocycles. The lowest BCUT2D eigenvalue weighted by molar-refractivity contribution is 1.10. The molecule has 0 atom stereocenters. The number of nitrogens with one attached hydrogen (secondary N) is 1. The van der Waals surface area contributed by atoms with Crippen LogP contribution in [0, 0.1) is 0 Å². The molecule has 0 saturated carbocycles. The van der Waals surface area contributed by atoms with Crippen LogP contribution in [-0.4, -0.2) is 15.2 Å². The minimum absolute atomic E-state index is 0.428. The molecule has 0 amide bonds. The molecule has 5 heteroatoms. The maximum Gasteiger partial charge on any atom is 0.126 e. The summed E-state index contributed by atoms with van der Waals surface area (Å²) in [4.78, 5) is 4.27. The number of benzene rings is 1. The van der Waals surface area contributed by atoms with E-state index in [-0.39, 0.29) is 0 Å². The maximum absolute atomic E-state index is 5.89. The summed E-state index contributed by atoms with van der Waals surface area (Å²) in [6.07, 6.45) is 1.71. The summed E-state index contributed by atoms with van der Waals surface area (Å²) in [6, 6.07) is 9.42. The van der Waals surface area contributed by atoms with Gasteiger partial charge in [-0.25, -0.2) is 4.98 Å². The molecule has 0 bridgehead atoms. The van der Waals surface area contributed by atoms with Crippen molar-refractivity contribution in [2.75, 3.05) is 11.5 Å². The standard InChI is InChI=1S/C12H11N5/c13-9-6-12(14)16-11-5-7(1-2-8(9)11)10-3-4-15-17-10/h1-6H,(H,15,17)(H4,13,14,16). The van der Waals surface area contributed by atoms with Crippen LogP contribution in [0.1, 0.15) is 0 Å². The fourth-order valence-corrected chi connectivity index (χ4v) is 1.86. The van der Waals surface area contributed by atoms with Crippen LogP contribution >= 0.6 is 0 Å².